The van der Waals surface area contributed by atoms with Gasteiger partial charge in [0.25, 0.3) is 0 Å². The Morgan fingerprint density at radius 1 is 1.35 bits per heavy atom. The summed E-state index contributed by atoms with van der Waals surface area (Å²) >= 11 is 0. The van der Waals surface area contributed by atoms with E-state index in [4.69, 9.17) is 5.73 Å². The van der Waals surface area contributed by atoms with Crippen LogP contribution in [0.3, 0.4) is 0 Å². The molecule has 1 heterocycles. The average Bonchev–Trinajstić information content (AvgIpc) is 2.45. The highest BCUT2D eigenvalue weighted by atomic mass is 16.5. The first-order valence-electron chi connectivity index (χ1n) is 6.24. The molecule has 0 unspecified atom stereocenters. The molecule has 0 atom stereocenters. The molecule has 0 radical (unpaired) electrons. The Hall–Kier alpha value is -2.56. The van der Waals surface area contributed by atoms with E-state index in [0.29, 0.717) is 17.8 Å². The number of ether oxygens (including phenoxy) is 1. The number of nitrogens with one attached hydrogen (secondary N) is 1. The van der Waals surface area contributed by atoms with Gasteiger partial charge in [0.2, 0.25) is 0 Å². The van der Waals surface area contributed by atoms with E-state index in [0.717, 1.165) is 17.1 Å². The number of carbonyl (C=O) groups excluding carboxylic acids is 1. The van der Waals surface area contributed by atoms with Crippen LogP contribution in [0.25, 0.3) is 0 Å². The molecule has 0 aliphatic carbocycles. The lowest BCUT2D eigenvalue weighted by molar-refractivity contribution is 0.0601. The molecule has 0 saturated carbocycles. The van der Waals surface area contributed by atoms with Crippen molar-refractivity contribution in [1.82, 2.24) is 4.98 Å². The van der Waals surface area contributed by atoms with Gasteiger partial charge in [0.1, 0.15) is 0 Å². The topological polar surface area (TPSA) is 77.2 Å². The molecular weight excluding hydrogens is 254 g/mol. The van der Waals surface area contributed by atoms with Crippen LogP contribution in [-0.2, 0) is 11.3 Å². The highest BCUT2D eigenvalue weighted by Crippen LogP contribution is 2.21. The fourth-order valence-corrected chi connectivity index (χ4v) is 1.85. The fourth-order valence-electron chi connectivity index (χ4n) is 1.85. The summed E-state index contributed by atoms with van der Waals surface area (Å²) in [7, 11) is 1.34. The minimum Gasteiger partial charge on any atom is -0.465 e. The highest BCUT2D eigenvalue weighted by Gasteiger charge is 2.08. The van der Waals surface area contributed by atoms with Gasteiger partial charge in [-0.15, -0.1) is 0 Å². The monoisotopic (exact) mass is 271 g/mol. The highest BCUT2D eigenvalue weighted by molar-refractivity contribution is 5.91. The SMILES string of the molecule is COC(=O)c1ccc(NCc2cccc(C)n2)c(N)c1. The lowest BCUT2D eigenvalue weighted by Crippen LogP contribution is -2.07. The Kier molecular flexibility index (Phi) is 4.20. The normalized spacial score (nSPS) is 10.1. The van der Waals surface area contributed by atoms with E-state index < -0.39 is 5.97 Å². The van der Waals surface area contributed by atoms with Crippen LogP contribution in [0.2, 0.25) is 0 Å². The second-order valence-electron chi connectivity index (χ2n) is 4.42. The number of carbonyl (C=O) groups is 1. The number of nitrogens with zero attached hydrogens (tertiary/aromatic N) is 1. The maximum absolute atomic E-state index is 11.4. The van der Waals surface area contributed by atoms with Crippen molar-refractivity contribution in [3.05, 3.63) is 53.3 Å². The summed E-state index contributed by atoms with van der Waals surface area (Å²) in [5.74, 6) is -0.399. The van der Waals surface area contributed by atoms with Gasteiger partial charge in [-0.05, 0) is 37.3 Å². The fraction of sp³-hybridized carbons (Fsp3) is 0.200. The van der Waals surface area contributed by atoms with Crippen LogP contribution in [0.15, 0.2) is 36.4 Å². The molecule has 0 aliphatic heterocycles. The third-order valence-corrected chi connectivity index (χ3v) is 2.88. The van der Waals surface area contributed by atoms with Crippen molar-refractivity contribution in [2.75, 3.05) is 18.2 Å². The van der Waals surface area contributed by atoms with Crippen LogP contribution in [0.4, 0.5) is 11.4 Å². The Morgan fingerprint density at radius 3 is 2.80 bits per heavy atom. The summed E-state index contributed by atoms with van der Waals surface area (Å²) in [5, 5.41) is 3.20. The van der Waals surface area contributed by atoms with E-state index in [1.165, 1.54) is 7.11 Å². The summed E-state index contributed by atoms with van der Waals surface area (Å²) in [5.41, 5.74) is 9.52. The predicted octanol–water partition coefficient (Wildman–Crippen LogP) is 2.37. The molecule has 0 spiro atoms. The standard InChI is InChI=1S/C15H17N3O2/c1-10-4-3-5-12(18-10)9-17-14-7-6-11(8-13(14)16)15(19)20-2/h3-8,17H,9,16H2,1-2H3. The van der Waals surface area contributed by atoms with E-state index in [9.17, 15) is 4.79 Å². The van der Waals surface area contributed by atoms with Gasteiger partial charge in [-0.1, -0.05) is 6.07 Å². The molecule has 0 saturated heterocycles. The van der Waals surface area contributed by atoms with Gasteiger partial charge in [0, 0.05) is 5.69 Å². The van der Waals surface area contributed by atoms with Crippen LogP contribution in [0.1, 0.15) is 21.7 Å². The Labute approximate surface area is 117 Å². The van der Waals surface area contributed by atoms with Gasteiger partial charge in [-0.25, -0.2) is 4.79 Å². The molecule has 0 fully saturated rings. The molecule has 2 aromatic rings. The molecule has 5 heteroatoms. The number of aromatic nitrogens is 1. The number of hydrogen-bond acceptors (Lipinski definition) is 5. The van der Waals surface area contributed by atoms with E-state index >= 15 is 0 Å². The molecular formula is C15H17N3O2. The smallest absolute Gasteiger partial charge is 0.337 e. The number of rotatable bonds is 4. The zero-order chi connectivity index (χ0) is 14.5. The van der Waals surface area contributed by atoms with Crippen molar-refractivity contribution in [3.8, 4) is 0 Å². The van der Waals surface area contributed by atoms with Crippen molar-refractivity contribution in [3.63, 3.8) is 0 Å². The van der Waals surface area contributed by atoms with E-state index in [1.54, 1.807) is 18.2 Å². The largest absolute Gasteiger partial charge is 0.465 e. The second kappa shape index (κ2) is 6.06. The molecule has 104 valence electrons. The number of benzene rings is 1. The number of methoxy groups -OCH3 is 1. The quantitative estimate of drug-likeness (QED) is 0.659. The lowest BCUT2D eigenvalue weighted by Gasteiger charge is -2.10. The van der Waals surface area contributed by atoms with Crippen LogP contribution >= 0.6 is 0 Å². The van der Waals surface area contributed by atoms with Crippen molar-refractivity contribution in [2.24, 2.45) is 0 Å². The second-order valence-corrected chi connectivity index (χ2v) is 4.42. The number of nitrogens with two attached hydrogens (primary N) is 1. The molecule has 0 aliphatic rings. The molecule has 3 N–H and O–H groups in total. The zero-order valence-corrected chi connectivity index (χ0v) is 11.5. The molecule has 0 amide bonds. The lowest BCUT2D eigenvalue weighted by atomic mass is 10.1. The van der Waals surface area contributed by atoms with Crippen molar-refractivity contribution >= 4 is 17.3 Å². The summed E-state index contributed by atoms with van der Waals surface area (Å²) in [6.45, 7) is 2.52. The zero-order valence-electron chi connectivity index (χ0n) is 11.5. The number of hydrogen-bond donors (Lipinski definition) is 2. The molecule has 1 aromatic carbocycles. The van der Waals surface area contributed by atoms with Crippen LogP contribution in [0, 0.1) is 6.92 Å². The third-order valence-electron chi connectivity index (χ3n) is 2.88. The first-order valence-corrected chi connectivity index (χ1v) is 6.24. The minimum absolute atomic E-state index is 0.399. The van der Waals surface area contributed by atoms with E-state index in [1.807, 2.05) is 25.1 Å². The third kappa shape index (κ3) is 3.26. The van der Waals surface area contributed by atoms with E-state index in [2.05, 4.69) is 15.0 Å². The maximum atomic E-state index is 11.4. The van der Waals surface area contributed by atoms with Crippen LogP contribution < -0.4 is 11.1 Å². The number of nitrogen functional groups attached to an aromatic ring is 1. The van der Waals surface area contributed by atoms with Gasteiger partial charge in [0.15, 0.2) is 0 Å². The van der Waals surface area contributed by atoms with Crippen molar-refractivity contribution in [2.45, 2.75) is 13.5 Å². The van der Waals surface area contributed by atoms with Crippen LogP contribution in [-0.4, -0.2) is 18.1 Å². The number of pyridine rings is 1. The van der Waals surface area contributed by atoms with Gasteiger partial charge < -0.3 is 15.8 Å². The Morgan fingerprint density at radius 2 is 2.15 bits per heavy atom. The average molecular weight is 271 g/mol. The van der Waals surface area contributed by atoms with Gasteiger partial charge in [0.05, 0.1) is 36.3 Å². The number of aryl methyl sites for hydroxylation is 1. The molecule has 2 rings (SSSR count). The molecule has 5 nitrogen and oxygen atoms in total. The Bertz CT molecular complexity index is 626. The minimum atomic E-state index is -0.399. The molecule has 0 bridgehead atoms. The first-order chi connectivity index (χ1) is 9.60. The summed E-state index contributed by atoms with van der Waals surface area (Å²) in [4.78, 5) is 15.8. The van der Waals surface area contributed by atoms with Gasteiger partial charge in [-0.2, -0.15) is 0 Å². The number of anilines is 2. The Balaban J connectivity index is 2.08. The maximum Gasteiger partial charge on any atom is 0.337 e. The van der Waals surface area contributed by atoms with Gasteiger partial charge in [-0.3, -0.25) is 4.98 Å². The first kappa shape index (κ1) is 13.9. The summed E-state index contributed by atoms with van der Waals surface area (Å²) < 4.78 is 4.65. The van der Waals surface area contributed by atoms with Crippen LogP contribution in [0.5, 0.6) is 0 Å². The number of esters is 1. The summed E-state index contributed by atoms with van der Waals surface area (Å²) in [6, 6.07) is 10.9. The van der Waals surface area contributed by atoms with E-state index in [-0.39, 0.29) is 0 Å². The summed E-state index contributed by atoms with van der Waals surface area (Å²) in [6.07, 6.45) is 0. The molecule has 20 heavy (non-hydrogen) atoms. The van der Waals surface area contributed by atoms with Crippen molar-refractivity contribution < 1.29 is 9.53 Å². The van der Waals surface area contributed by atoms with Crippen molar-refractivity contribution in [1.29, 1.82) is 0 Å². The van der Waals surface area contributed by atoms with Gasteiger partial charge >= 0.3 is 5.97 Å². The molecule has 1 aromatic heterocycles. The predicted molar refractivity (Wildman–Crippen MR) is 78.5 cm³/mol.